The molecule has 0 radical (unpaired) electrons. The summed E-state index contributed by atoms with van der Waals surface area (Å²) in [6.45, 7) is 9.31. The van der Waals surface area contributed by atoms with Crippen molar-refractivity contribution in [2.45, 2.75) is 83.5 Å². The second kappa shape index (κ2) is 13.2. The number of hydrogen-bond donors (Lipinski definition) is 2. The lowest BCUT2D eigenvalue weighted by molar-refractivity contribution is -0.132. The van der Waals surface area contributed by atoms with Gasteiger partial charge in [0, 0.05) is 63.0 Å². The van der Waals surface area contributed by atoms with Crippen molar-refractivity contribution in [3.63, 3.8) is 0 Å². The molecule has 2 aliphatic heterocycles. The zero-order valence-electron chi connectivity index (χ0n) is 22.0. The van der Waals surface area contributed by atoms with Gasteiger partial charge in [0.2, 0.25) is 5.91 Å². The molecule has 2 heterocycles. The summed E-state index contributed by atoms with van der Waals surface area (Å²) in [7, 11) is 0. The summed E-state index contributed by atoms with van der Waals surface area (Å²) >= 11 is 0. The molecule has 0 saturated carbocycles. The van der Waals surface area contributed by atoms with E-state index < -0.39 is 0 Å². The van der Waals surface area contributed by atoms with E-state index in [1.165, 1.54) is 42.5 Å². The average Bonchev–Trinajstić information content (AvgIpc) is 2.88. The van der Waals surface area contributed by atoms with Gasteiger partial charge in [-0.05, 0) is 68.0 Å². The van der Waals surface area contributed by atoms with Crippen LogP contribution in [-0.4, -0.2) is 60.0 Å². The molecule has 1 amide bonds. The van der Waals surface area contributed by atoms with Crippen molar-refractivity contribution >= 4 is 11.6 Å². The molecular formula is C30H43FN4O. The number of nitrogens with one attached hydrogen (secondary N) is 2. The number of halogens is 1. The van der Waals surface area contributed by atoms with Crippen molar-refractivity contribution in [2.24, 2.45) is 0 Å². The fraction of sp³-hybridized carbons (Fsp3) is 0.567. The second-order valence-electron chi connectivity index (χ2n) is 10.7. The number of aryl methyl sites for hydroxylation is 1. The van der Waals surface area contributed by atoms with Crippen LogP contribution in [0, 0.1) is 5.82 Å². The largest absolute Gasteiger partial charge is 0.382 e. The first-order valence-electron chi connectivity index (χ1n) is 13.8. The lowest BCUT2D eigenvalue weighted by Crippen LogP contribution is -2.54. The quantitative estimate of drug-likeness (QED) is 0.476. The van der Waals surface area contributed by atoms with Gasteiger partial charge in [-0.1, -0.05) is 44.0 Å². The normalized spacial score (nSPS) is 21.5. The summed E-state index contributed by atoms with van der Waals surface area (Å²) in [6.07, 6.45) is 6.98. The van der Waals surface area contributed by atoms with Gasteiger partial charge in [0.1, 0.15) is 5.82 Å². The van der Waals surface area contributed by atoms with Crippen LogP contribution in [0.4, 0.5) is 10.1 Å². The number of likely N-dealkylation sites (tertiary alicyclic amines) is 1. The van der Waals surface area contributed by atoms with Crippen molar-refractivity contribution in [3.05, 3.63) is 65.5 Å². The van der Waals surface area contributed by atoms with E-state index in [1.807, 2.05) is 4.90 Å². The van der Waals surface area contributed by atoms with Gasteiger partial charge in [-0.25, -0.2) is 4.39 Å². The van der Waals surface area contributed by atoms with Crippen LogP contribution in [0.1, 0.15) is 63.5 Å². The van der Waals surface area contributed by atoms with Gasteiger partial charge < -0.3 is 15.5 Å². The number of carbonyl (C=O) groups excluding carboxylic acids is 1. The van der Waals surface area contributed by atoms with Crippen LogP contribution in [-0.2, 0) is 17.8 Å². The highest BCUT2D eigenvalue weighted by atomic mass is 19.1. The molecule has 0 spiro atoms. The molecule has 1 unspecified atom stereocenters. The first-order valence-corrected chi connectivity index (χ1v) is 13.8. The van der Waals surface area contributed by atoms with Crippen LogP contribution >= 0.6 is 0 Å². The first-order chi connectivity index (χ1) is 17.5. The van der Waals surface area contributed by atoms with Crippen LogP contribution in [0.25, 0.3) is 0 Å². The second-order valence-corrected chi connectivity index (χ2v) is 10.7. The molecule has 2 aromatic carbocycles. The Labute approximate surface area is 216 Å². The Morgan fingerprint density at radius 2 is 1.72 bits per heavy atom. The summed E-state index contributed by atoms with van der Waals surface area (Å²) < 4.78 is 13.1. The minimum absolute atomic E-state index is 0.222. The number of hydrogen-bond acceptors (Lipinski definition) is 4. The third-order valence-electron chi connectivity index (χ3n) is 7.56. The predicted octanol–water partition coefficient (Wildman–Crippen LogP) is 5.21. The Morgan fingerprint density at radius 3 is 2.42 bits per heavy atom. The molecule has 0 bridgehead atoms. The Bertz CT molecular complexity index is 940. The van der Waals surface area contributed by atoms with E-state index in [4.69, 9.17) is 0 Å². The SMILES string of the molecule is CCCC[C@H]1CN(Cc2ccc(CCC(=O)N3CCC(Nc4ccc(F)cc4)CC3)cc2)CC(C)N1. The van der Waals surface area contributed by atoms with Crippen molar-refractivity contribution in [3.8, 4) is 0 Å². The van der Waals surface area contributed by atoms with Gasteiger partial charge in [0.15, 0.2) is 0 Å². The van der Waals surface area contributed by atoms with E-state index in [1.54, 1.807) is 12.1 Å². The maximum absolute atomic E-state index is 13.1. The maximum Gasteiger partial charge on any atom is 0.222 e. The average molecular weight is 495 g/mol. The Morgan fingerprint density at radius 1 is 1.03 bits per heavy atom. The monoisotopic (exact) mass is 494 g/mol. The molecule has 2 aliphatic rings. The Kier molecular flexibility index (Phi) is 9.76. The minimum Gasteiger partial charge on any atom is -0.382 e. The van der Waals surface area contributed by atoms with E-state index in [9.17, 15) is 9.18 Å². The maximum atomic E-state index is 13.1. The molecule has 36 heavy (non-hydrogen) atoms. The van der Waals surface area contributed by atoms with Gasteiger partial charge >= 0.3 is 0 Å². The number of anilines is 1. The third-order valence-corrected chi connectivity index (χ3v) is 7.56. The van der Waals surface area contributed by atoms with Crippen LogP contribution in [0.5, 0.6) is 0 Å². The van der Waals surface area contributed by atoms with Gasteiger partial charge in [-0.3, -0.25) is 9.69 Å². The number of benzene rings is 2. The predicted molar refractivity (Wildman–Crippen MR) is 146 cm³/mol. The van der Waals surface area contributed by atoms with E-state index in [0.717, 1.165) is 57.7 Å². The molecule has 0 aliphatic carbocycles. The summed E-state index contributed by atoms with van der Waals surface area (Å²) in [6, 6.07) is 16.8. The van der Waals surface area contributed by atoms with Crippen LogP contribution in [0.3, 0.4) is 0 Å². The minimum atomic E-state index is -0.222. The van der Waals surface area contributed by atoms with Gasteiger partial charge in [0.25, 0.3) is 0 Å². The molecule has 2 saturated heterocycles. The lowest BCUT2D eigenvalue weighted by atomic mass is 10.0. The summed E-state index contributed by atoms with van der Waals surface area (Å²) in [5.41, 5.74) is 3.52. The molecule has 2 atom stereocenters. The first kappa shape index (κ1) is 26.6. The summed E-state index contributed by atoms with van der Waals surface area (Å²) in [4.78, 5) is 17.4. The molecule has 5 nitrogen and oxygen atoms in total. The van der Waals surface area contributed by atoms with Crippen molar-refractivity contribution in [2.75, 3.05) is 31.5 Å². The molecule has 2 fully saturated rings. The van der Waals surface area contributed by atoms with Crippen LogP contribution < -0.4 is 10.6 Å². The van der Waals surface area contributed by atoms with E-state index in [0.29, 0.717) is 24.5 Å². The van der Waals surface area contributed by atoms with Crippen molar-refractivity contribution < 1.29 is 9.18 Å². The van der Waals surface area contributed by atoms with Crippen LogP contribution in [0.15, 0.2) is 48.5 Å². The number of nitrogens with zero attached hydrogens (tertiary/aromatic N) is 2. The molecular weight excluding hydrogens is 451 g/mol. The van der Waals surface area contributed by atoms with E-state index in [2.05, 4.69) is 53.6 Å². The lowest BCUT2D eigenvalue weighted by Gasteiger charge is -2.38. The molecule has 6 heteroatoms. The number of amides is 1. The highest BCUT2D eigenvalue weighted by Crippen LogP contribution is 2.19. The Hall–Kier alpha value is -2.44. The topological polar surface area (TPSA) is 47.6 Å². The molecule has 196 valence electrons. The number of piperidine rings is 1. The highest BCUT2D eigenvalue weighted by molar-refractivity contribution is 5.76. The van der Waals surface area contributed by atoms with Gasteiger partial charge in [-0.15, -0.1) is 0 Å². The smallest absolute Gasteiger partial charge is 0.222 e. The third kappa shape index (κ3) is 8.04. The molecule has 0 aromatic heterocycles. The van der Waals surface area contributed by atoms with Gasteiger partial charge in [-0.2, -0.15) is 0 Å². The fourth-order valence-electron chi connectivity index (χ4n) is 5.57. The zero-order valence-corrected chi connectivity index (χ0v) is 22.0. The Balaban J connectivity index is 1.17. The zero-order chi connectivity index (χ0) is 25.3. The number of carbonyl (C=O) groups is 1. The molecule has 2 aromatic rings. The van der Waals surface area contributed by atoms with Gasteiger partial charge in [0.05, 0.1) is 0 Å². The van der Waals surface area contributed by atoms with Crippen molar-refractivity contribution in [1.29, 1.82) is 0 Å². The van der Waals surface area contributed by atoms with Crippen molar-refractivity contribution in [1.82, 2.24) is 15.1 Å². The van der Waals surface area contributed by atoms with E-state index in [-0.39, 0.29) is 11.7 Å². The van der Waals surface area contributed by atoms with E-state index >= 15 is 0 Å². The van der Waals surface area contributed by atoms with Crippen LogP contribution in [0.2, 0.25) is 0 Å². The number of piperazine rings is 1. The molecule has 4 rings (SSSR count). The number of unbranched alkanes of at least 4 members (excludes halogenated alkanes) is 1. The fourth-order valence-corrected chi connectivity index (χ4v) is 5.57. The summed E-state index contributed by atoms with van der Waals surface area (Å²) in [5, 5.41) is 7.21. The summed E-state index contributed by atoms with van der Waals surface area (Å²) in [5.74, 6) is 0.0213. The standard InChI is InChI=1S/C30H43FN4O/c1-3-4-5-29-22-34(20-23(2)32-29)21-25-8-6-24(7-9-25)10-15-30(36)35-18-16-28(17-19-35)33-27-13-11-26(31)12-14-27/h6-9,11-14,23,28-29,32-33H,3-5,10,15-22H2,1-2H3/t23?,29-/m0/s1. The highest BCUT2D eigenvalue weighted by Gasteiger charge is 2.24. The number of rotatable bonds is 10. The molecule has 2 N–H and O–H groups in total.